The molecule has 0 saturated heterocycles. The molecular formula is C24H28N2O6S3. The molecule has 11 heteroatoms. The Hall–Kier alpha value is -2.89. The molecule has 0 radical (unpaired) electrons. The fourth-order valence-electron chi connectivity index (χ4n) is 3.17. The van der Waals surface area contributed by atoms with Crippen LogP contribution in [-0.2, 0) is 24.8 Å². The number of esters is 1. The van der Waals surface area contributed by atoms with Crippen molar-refractivity contribution < 1.29 is 26.4 Å². The zero-order chi connectivity index (χ0) is 26.0. The van der Waals surface area contributed by atoms with E-state index < -0.39 is 36.5 Å². The maximum atomic E-state index is 12.6. The fraction of sp³-hybridized carbons (Fsp3) is 0.292. The van der Waals surface area contributed by atoms with E-state index in [1.165, 1.54) is 18.4 Å². The summed E-state index contributed by atoms with van der Waals surface area (Å²) in [6.45, 7) is 6.33. The molecule has 0 bridgehead atoms. The van der Waals surface area contributed by atoms with Crippen LogP contribution in [0, 0.1) is 0 Å². The summed E-state index contributed by atoms with van der Waals surface area (Å²) in [7, 11) is -5.92. The maximum absolute atomic E-state index is 12.6. The molecule has 0 aliphatic heterocycles. The molecule has 8 nitrogen and oxygen atoms in total. The zero-order valence-corrected chi connectivity index (χ0v) is 22.5. The van der Waals surface area contributed by atoms with Gasteiger partial charge in [0, 0.05) is 5.56 Å². The quantitative estimate of drug-likeness (QED) is 0.364. The monoisotopic (exact) mass is 536 g/mol. The molecule has 35 heavy (non-hydrogen) atoms. The molecule has 188 valence electrons. The molecule has 0 spiro atoms. The number of benzene rings is 2. The molecule has 0 aliphatic rings. The van der Waals surface area contributed by atoms with E-state index in [1.54, 1.807) is 81.6 Å². The number of hydrogen-bond acceptors (Lipinski definition) is 7. The van der Waals surface area contributed by atoms with Gasteiger partial charge < -0.3 is 4.74 Å². The van der Waals surface area contributed by atoms with Crippen molar-refractivity contribution in [3.8, 4) is 21.6 Å². The molecule has 3 rings (SSSR count). The standard InChI is InChI=1S/C24H28N2O6S3/c1-15(2)34(28,29)25-20-8-6-7-19(24(27)32-5)22(20)17-9-11-18(12-10-17)23-21(13-14-33-23)26-35(30,31)16(3)4/h6-16,25-26H,1-5H3. The van der Waals surface area contributed by atoms with Crippen LogP contribution in [0.15, 0.2) is 53.9 Å². The first kappa shape index (κ1) is 26.7. The summed E-state index contributed by atoms with van der Waals surface area (Å²) >= 11 is 1.39. The molecule has 1 aromatic heterocycles. The summed E-state index contributed by atoms with van der Waals surface area (Å²) in [5.41, 5.74) is 2.71. The highest BCUT2D eigenvalue weighted by atomic mass is 32.2. The van der Waals surface area contributed by atoms with E-state index >= 15 is 0 Å². The van der Waals surface area contributed by atoms with E-state index in [1.807, 2.05) is 0 Å². The SMILES string of the molecule is COC(=O)c1cccc(NS(=O)(=O)C(C)C)c1-c1ccc(-c2sccc2NS(=O)(=O)C(C)C)cc1. The van der Waals surface area contributed by atoms with Gasteiger partial charge in [0.2, 0.25) is 20.0 Å². The minimum Gasteiger partial charge on any atom is -0.465 e. The summed E-state index contributed by atoms with van der Waals surface area (Å²) in [6.07, 6.45) is 0. The van der Waals surface area contributed by atoms with E-state index in [0.29, 0.717) is 16.8 Å². The number of hydrogen-bond donors (Lipinski definition) is 2. The topological polar surface area (TPSA) is 119 Å². The number of anilines is 2. The van der Waals surface area contributed by atoms with Crippen molar-refractivity contribution in [2.24, 2.45) is 0 Å². The normalized spacial score (nSPS) is 12.1. The predicted octanol–water partition coefficient (Wildman–Crippen LogP) is 5.17. The van der Waals surface area contributed by atoms with Gasteiger partial charge in [-0.2, -0.15) is 0 Å². The summed E-state index contributed by atoms with van der Waals surface area (Å²) in [4.78, 5) is 13.2. The van der Waals surface area contributed by atoms with Crippen LogP contribution in [-0.4, -0.2) is 40.4 Å². The molecule has 0 aliphatic carbocycles. The van der Waals surface area contributed by atoms with Crippen LogP contribution in [0.25, 0.3) is 21.6 Å². The van der Waals surface area contributed by atoms with Gasteiger partial charge in [-0.3, -0.25) is 9.44 Å². The third-order valence-electron chi connectivity index (χ3n) is 5.32. The minimum absolute atomic E-state index is 0.214. The Balaban J connectivity index is 2.07. The van der Waals surface area contributed by atoms with Gasteiger partial charge in [0.25, 0.3) is 0 Å². The molecule has 0 unspecified atom stereocenters. The Morgan fingerprint density at radius 2 is 1.34 bits per heavy atom. The van der Waals surface area contributed by atoms with E-state index in [2.05, 4.69) is 9.44 Å². The van der Waals surface area contributed by atoms with Crippen molar-refractivity contribution in [3.63, 3.8) is 0 Å². The van der Waals surface area contributed by atoms with E-state index in [0.717, 1.165) is 10.4 Å². The number of carbonyl (C=O) groups is 1. The van der Waals surface area contributed by atoms with Crippen molar-refractivity contribution in [1.82, 2.24) is 0 Å². The van der Waals surface area contributed by atoms with Gasteiger partial charge >= 0.3 is 5.97 Å². The van der Waals surface area contributed by atoms with E-state index in [4.69, 9.17) is 4.74 Å². The van der Waals surface area contributed by atoms with Gasteiger partial charge in [0.15, 0.2) is 0 Å². The van der Waals surface area contributed by atoms with Crippen LogP contribution in [0.1, 0.15) is 38.1 Å². The average molecular weight is 537 g/mol. The Kier molecular flexibility index (Phi) is 7.93. The smallest absolute Gasteiger partial charge is 0.338 e. The van der Waals surface area contributed by atoms with Crippen molar-refractivity contribution in [1.29, 1.82) is 0 Å². The molecule has 0 atom stereocenters. The number of carbonyl (C=O) groups excluding carboxylic acids is 1. The summed E-state index contributed by atoms with van der Waals surface area (Å²) in [5.74, 6) is -0.599. The number of nitrogens with one attached hydrogen (secondary N) is 2. The van der Waals surface area contributed by atoms with Gasteiger partial charge in [-0.1, -0.05) is 30.3 Å². The second-order valence-electron chi connectivity index (χ2n) is 8.35. The fourth-order valence-corrected chi connectivity index (χ4v) is 5.52. The number of methoxy groups -OCH3 is 1. The lowest BCUT2D eigenvalue weighted by Crippen LogP contribution is -2.23. The third-order valence-corrected chi connectivity index (χ3v) is 9.77. The minimum atomic E-state index is -3.67. The molecule has 0 fully saturated rings. The molecule has 3 aromatic rings. The van der Waals surface area contributed by atoms with Gasteiger partial charge in [-0.25, -0.2) is 21.6 Å². The van der Waals surface area contributed by atoms with Gasteiger partial charge in [-0.05, 0) is 62.4 Å². The first-order valence-electron chi connectivity index (χ1n) is 10.8. The lowest BCUT2D eigenvalue weighted by atomic mass is 9.96. The maximum Gasteiger partial charge on any atom is 0.338 e. The highest BCUT2D eigenvalue weighted by molar-refractivity contribution is 7.93. The first-order valence-corrected chi connectivity index (χ1v) is 14.8. The summed E-state index contributed by atoms with van der Waals surface area (Å²) in [6, 6.07) is 13.6. The van der Waals surface area contributed by atoms with Crippen LogP contribution in [0.5, 0.6) is 0 Å². The third kappa shape index (κ3) is 5.85. The second kappa shape index (κ2) is 10.4. The van der Waals surface area contributed by atoms with Crippen molar-refractivity contribution in [3.05, 3.63) is 59.5 Å². The molecule has 2 N–H and O–H groups in total. The summed E-state index contributed by atoms with van der Waals surface area (Å²) in [5, 5.41) is 0.541. The Bertz CT molecular complexity index is 1420. The Morgan fingerprint density at radius 3 is 1.89 bits per heavy atom. The molecule has 0 amide bonds. The van der Waals surface area contributed by atoms with Crippen LogP contribution in [0.4, 0.5) is 11.4 Å². The second-order valence-corrected chi connectivity index (χ2v) is 13.7. The first-order chi connectivity index (χ1) is 16.4. The lowest BCUT2D eigenvalue weighted by molar-refractivity contribution is 0.0601. The van der Waals surface area contributed by atoms with Gasteiger partial charge in [0.05, 0.1) is 39.4 Å². The van der Waals surface area contributed by atoms with Crippen molar-refractivity contribution >= 4 is 48.7 Å². The summed E-state index contributed by atoms with van der Waals surface area (Å²) < 4.78 is 59.9. The largest absolute Gasteiger partial charge is 0.465 e. The highest BCUT2D eigenvalue weighted by Crippen LogP contribution is 2.38. The lowest BCUT2D eigenvalue weighted by Gasteiger charge is -2.17. The van der Waals surface area contributed by atoms with Gasteiger partial charge in [-0.15, -0.1) is 11.3 Å². The van der Waals surface area contributed by atoms with Crippen LogP contribution >= 0.6 is 11.3 Å². The number of sulfonamides is 2. The molecular weight excluding hydrogens is 508 g/mol. The number of rotatable bonds is 9. The van der Waals surface area contributed by atoms with Crippen LogP contribution < -0.4 is 9.44 Å². The average Bonchev–Trinajstić information content (AvgIpc) is 3.25. The number of thiophene rings is 1. The molecule has 2 aromatic carbocycles. The predicted molar refractivity (Wildman–Crippen MR) is 142 cm³/mol. The zero-order valence-electron chi connectivity index (χ0n) is 20.0. The highest BCUT2D eigenvalue weighted by Gasteiger charge is 2.23. The molecule has 1 heterocycles. The Morgan fingerprint density at radius 1 is 0.800 bits per heavy atom. The van der Waals surface area contributed by atoms with E-state index in [-0.39, 0.29) is 11.3 Å². The van der Waals surface area contributed by atoms with Gasteiger partial charge in [0.1, 0.15) is 0 Å². The molecule has 0 saturated carbocycles. The van der Waals surface area contributed by atoms with Crippen LogP contribution in [0.2, 0.25) is 0 Å². The van der Waals surface area contributed by atoms with Crippen molar-refractivity contribution in [2.75, 3.05) is 16.6 Å². The van der Waals surface area contributed by atoms with Crippen molar-refractivity contribution in [2.45, 2.75) is 38.2 Å². The van der Waals surface area contributed by atoms with Crippen LogP contribution in [0.3, 0.4) is 0 Å². The Labute approximate surface area is 210 Å². The van der Waals surface area contributed by atoms with E-state index in [9.17, 15) is 21.6 Å². The number of ether oxygens (including phenoxy) is 1.